The van der Waals surface area contributed by atoms with Gasteiger partial charge >= 0.3 is 5.97 Å². The number of rotatable bonds is 6. The van der Waals surface area contributed by atoms with Gasteiger partial charge in [0.2, 0.25) is 0 Å². The zero-order chi connectivity index (χ0) is 20.2. The van der Waals surface area contributed by atoms with E-state index in [9.17, 15) is 4.79 Å². The van der Waals surface area contributed by atoms with Gasteiger partial charge in [0.05, 0.1) is 25.2 Å². The van der Waals surface area contributed by atoms with Crippen molar-refractivity contribution < 1.29 is 14.3 Å². The standard InChI is InChI=1S/C24H28N2O3/c1-3-29-24(27)19-8-6-14-25(16-19)17-21-15-18-7-4-5-9-23(18)26(21)20-10-12-22(28-2)13-11-20/h4-5,7,9-13,15,19H,3,6,8,14,16-17H2,1-2H3. The molecule has 4 rings (SSSR count). The third kappa shape index (κ3) is 4.15. The lowest BCUT2D eigenvalue weighted by molar-refractivity contribution is -0.150. The highest BCUT2D eigenvalue weighted by molar-refractivity contribution is 5.83. The van der Waals surface area contributed by atoms with Crippen molar-refractivity contribution in [3.63, 3.8) is 0 Å². The number of aromatic nitrogens is 1. The van der Waals surface area contributed by atoms with Crippen molar-refractivity contribution >= 4 is 16.9 Å². The maximum atomic E-state index is 12.2. The molecule has 1 atom stereocenters. The molecule has 5 heteroatoms. The van der Waals surface area contributed by atoms with E-state index in [2.05, 4.69) is 51.9 Å². The van der Waals surface area contributed by atoms with Crippen LogP contribution in [0.25, 0.3) is 16.6 Å². The molecule has 2 aromatic carbocycles. The number of carbonyl (C=O) groups is 1. The molecule has 0 radical (unpaired) electrons. The van der Waals surface area contributed by atoms with Crippen LogP contribution in [0.5, 0.6) is 5.75 Å². The van der Waals surface area contributed by atoms with Gasteiger partial charge in [0.1, 0.15) is 5.75 Å². The molecule has 0 aliphatic carbocycles. The predicted molar refractivity (Wildman–Crippen MR) is 114 cm³/mol. The van der Waals surface area contributed by atoms with Crippen LogP contribution < -0.4 is 4.74 Å². The number of fused-ring (bicyclic) bond motifs is 1. The summed E-state index contributed by atoms with van der Waals surface area (Å²) < 4.78 is 12.9. The van der Waals surface area contributed by atoms with Crippen molar-refractivity contribution in [3.05, 3.63) is 60.3 Å². The number of esters is 1. The van der Waals surface area contributed by atoms with Crippen LogP contribution in [0.3, 0.4) is 0 Å². The summed E-state index contributed by atoms with van der Waals surface area (Å²) in [6.45, 7) is 4.87. The Balaban J connectivity index is 1.64. The first kappa shape index (κ1) is 19.5. The summed E-state index contributed by atoms with van der Waals surface area (Å²) in [4.78, 5) is 14.6. The molecule has 1 fully saturated rings. The number of benzene rings is 2. The molecule has 1 aliphatic rings. The van der Waals surface area contributed by atoms with E-state index in [1.165, 1.54) is 16.6 Å². The summed E-state index contributed by atoms with van der Waals surface area (Å²) in [6, 6.07) is 18.9. The number of methoxy groups -OCH3 is 1. The van der Waals surface area contributed by atoms with E-state index in [0.717, 1.165) is 43.9 Å². The molecule has 0 amide bonds. The van der Waals surface area contributed by atoms with Gasteiger partial charge < -0.3 is 14.0 Å². The zero-order valence-corrected chi connectivity index (χ0v) is 17.1. The topological polar surface area (TPSA) is 43.7 Å². The van der Waals surface area contributed by atoms with Gasteiger partial charge in [-0.25, -0.2) is 0 Å². The Kier molecular flexibility index (Phi) is 5.86. The van der Waals surface area contributed by atoms with E-state index >= 15 is 0 Å². The summed E-state index contributed by atoms with van der Waals surface area (Å²) in [7, 11) is 1.68. The maximum Gasteiger partial charge on any atom is 0.310 e. The van der Waals surface area contributed by atoms with Crippen LogP contribution in [0.15, 0.2) is 54.6 Å². The molecule has 1 unspecified atom stereocenters. The molecule has 29 heavy (non-hydrogen) atoms. The van der Waals surface area contributed by atoms with E-state index in [-0.39, 0.29) is 11.9 Å². The molecule has 1 saturated heterocycles. The molecule has 5 nitrogen and oxygen atoms in total. The van der Waals surface area contributed by atoms with Gasteiger partial charge in [-0.1, -0.05) is 18.2 Å². The third-order valence-corrected chi connectivity index (χ3v) is 5.63. The maximum absolute atomic E-state index is 12.2. The van der Waals surface area contributed by atoms with Crippen LogP contribution in [0.1, 0.15) is 25.5 Å². The van der Waals surface area contributed by atoms with Crippen molar-refractivity contribution in [1.29, 1.82) is 0 Å². The molecular weight excluding hydrogens is 364 g/mol. The lowest BCUT2D eigenvalue weighted by atomic mass is 9.98. The number of likely N-dealkylation sites (tertiary alicyclic amines) is 1. The highest BCUT2D eigenvalue weighted by Gasteiger charge is 2.27. The van der Waals surface area contributed by atoms with E-state index in [1.807, 2.05) is 19.1 Å². The second-order valence-electron chi connectivity index (χ2n) is 7.55. The first-order chi connectivity index (χ1) is 14.2. The highest BCUT2D eigenvalue weighted by atomic mass is 16.5. The molecular formula is C24H28N2O3. The van der Waals surface area contributed by atoms with Crippen molar-refractivity contribution in [1.82, 2.24) is 9.47 Å². The van der Waals surface area contributed by atoms with Crippen LogP contribution in [0.2, 0.25) is 0 Å². The van der Waals surface area contributed by atoms with Crippen LogP contribution in [0.4, 0.5) is 0 Å². The van der Waals surface area contributed by atoms with Gasteiger partial charge in [-0.3, -0.25) is 9.69 Å². The minimum Gasteiger partial charge on any atom is -0.497 e. The Morgan fingerprint density at radius 2 is 1.93 bits per heavy atom. The van der Waals surface area contributed by atoms with Crippen molar-refractivity contribution in [2.24, 2.45) is 5.92 Å². The first-order valence-electron chi connectivity index (χ1n) is 10.3. The quantitative estimate of drug-likeness (QED) is 0.583. The molecule has 1 aliphatic heterocycles. The summed E-state index contributed by atoms with van der Waals surface area (Å²) in [5.74, 6) is 0.760. The smallest absolute Gasteiger partial charge is 0.310 e. The molecule has 3 aromatic rings. The van der Waals surface area contributed by atoms with E-state index < -0.39 is 0 Å². The number of para-hydroxylation sites is 1. The Hall–Kier alpha value is -2.79. The van der Waals surface area contributed by atoms with E-state index in [1.54, 1.807) is 7.11 Å². The predicted octanol–water partition coefficient (Wildman–Crippen LogP) is 4.41. The zero-order valence-electron chi connectivity index (χ0n) is 17.1. The summed E-state index contributed by atoms with van der Waals surface area (Å²) in [5.41, 5.74) is 3.52. The average molecular weight is 392 g/mol. The highest BCUT2D eigenvalue weighted by Crippen LogP contribution is 2.28. The van der Waals surface area contributed by atoms with Crippen LogP contribution in [-0.2, 0) is 16.1 Å². The van der Waals surface area contributed by atoms with E-state index in [0.29, 0.717) is 6.61 Å². The average Bonchev–Trinajstić information content (AvgIpc) is 3.12. The fraction of sp³-hybridized carbons (Fsp3) is 0.375. The molecule has 0 bridgehead atoms. The number of hydrogen-bond donors (Lipinski definition) is 0. The summed E-state index contributed by atoms with van der Waals surface area (Å²) >= 11 is 0. The monoisotopic (exact) mass is 392 g/mol. The Morgan fingerprint density at radius 1 is 1.14 bits per heavy atom. The largest absolute Gasteiger partial charge is 0.497 e. The number of hydrogen-bond acceptors (Lipinski definition) is 4. The molecule has 2 heterocycles. The fourth-order valence-electron chi connectivity index (χ4n) is 4.25. The SMILES string of the molecule is CCOC(=O)C1CCCN(Cc2cc3ccccc3n2-c2ccc(OC)cc2)C1. The van der Waals surface area contributed by atoms with Gasteiger partial charge in [0, 0.05) is 29.9 Å². The lowest BCUT2D eigenvalue weighted by Gasteiger charge is -2.31. The van der Waals surface area contributed by atoms with Crippen molar-refractivity contribution in [2.75, 3.05) is 26.8 Å². The second-order valence-corrected chi connectivity index (χ2v) is 7.55. The first-order valence-corrected chi connectivity index (χ1v) is 10.3. The molecule has 0 N–H and O–H groups in total. The summed E-state index contributed by atoms with van der Waals surface area (Å²) in [6.07, 6.45) is 1.93. The minimum atomic E-state index is -0.0621. The van der Waals surface area contributed by atoms with Gasteiger partial charge in [-0.15, -0.1) is 0 Å². The Labute approximate surface area is 171 Å². The number of nitrogens with zero attached hydrogens (tertiary/aromatic N) is 2. The van der Waals surface area contributed by atoms with Gasteiger partial charge in [-0.2, -0.15) is 0 Å². The Morgan fingerprint density at radius 3 is 2.69 bits per heavy atom. The summed E-state index contributed by atoms with van der Waals surface area (Å²) in [5, 5.41) is 1.22. The van der Waals surface area contributed by atoms with Gasteiger partial charge in [-0.05, 0) is 62.7 Å². The third-order valence-electron chi connectivity index (χ3n) is 5.63. The molecule has 1 aromatic heterocycles. The number of ether oxygens (including phenoxy) is 2. The Bertz CT molecular complexity index is 977. The molecule has 0 saturated carbocycles. The van der Waals surface area contributed by atoms with Crippen LogP contribution >= 0.6 is 0 Å². The lowest BCUT2D eigenvalue weighted by Crippen LogP contribution is -2.39. The molecule has 152 valence electrons. The number of piperidine rings is 1. The van der Waals surface area contributed by atoms with Crippen LogP contribution in [-0.4, -0.2) is 42.2 Å². The minimum absolute atomic E-state index is 0.0254. The van der Waals surface area contributed by atoms with Gasteiger partial charge in [0.25, 0.3) is 0 Å². The second kappa shape index (κ2) is 8.70. The molecule has 0 spiro atoms. The van der Waals surface area contributed by atoms with Crippen molar-refractivity contribution in [3.8, 4) is 11.4 Å². The van der Waals surface area contributed by atoms with Crippen LogP contribution in [0, 0.1) is 5.92 Å². The van der Waals surface area contributed by atoms with E-state index in [4.69, 9.17) is 9.47 Å². The fourth-order valence-corrected chi connectivity index (χ4v) is 4.25. The normalized spacial score (nSPS) is 17.4. The number of carbonyl (C=O) groups excluding carboxylic acids is 1. The van der Waals surface area contributed by atoms with Gasteiger partial charge in [0.15, 0.2) is 0 Å². The van der Waals surface area contributed by atoms with Crippen molar-refractivity contribution in [2.45, 2.75) is 26.3 Å².